The highest BCUT2D eigenvalue weighted by molar-refractivity contribution is 5.93. The Morgan fingerprint density at radius 1 is 1.26 bits per heavy atom. The minimum atomic E-state index is -4.66. The summed E-state index contributed by atoms with van der Waals surface area (Å²) in [6, 6.07) is 4.43. The summed E-state index contributed by atoms with van der Waals surface area (Å²) in [6.07, 6.45) is -1.49. The molecule has 0 saturated carbocycles. The van der Waals surface area contributed by atoms with Gasteiger partial charge in [0.15, 0.2) is 5.69 Å². The Morgan fingerprint density at radius 3 is 2.52 bits per heavy atom. The van der Waals surface area contributed by atoms with Crippen LogP contribution in [0, 0.1) is 6.92 Å². The molecule has 2 heterocycles. The van der Waals surface area contributed by atoms with Crippen LogP contribution in [0.25, 0.3) is 11.3 Å². The van der Waals surface area contributed by atoms with Crippen molar-refractivity contribution in [2.24, 2.45) is 0 Å². The molecule has 0 aliphatic carbocycles. The van der Waals surface area contributed by atoms with Crippen LogP contribution in [-0.4, -0.2) is 22.9 Å². The van der Waals surface area contributed by atoms with Crippen LogP contribution in [0.4, 0.5) is 18.9 Å². The third kappa shape index (κ3) is 3.67. The highest BCUT2D eigenvalue weighted by Crippen LogP contribution is 2.36. The van der Waals surface area contributed by atoms with Crippen molar-refractivity contribution in [3.63, 3.8) is 0 Å². The zero-order valence-electron chi connectivity index (χ0n) is 13.0. The van der Waals surface area contributed by atoms with Crippen LogP contribution < -0.4 is 4.90 Å². The van der Waals surface area contributed by atoms with Gasteiger partial charge in [-0.15, -0.1) is 0 Å². The van der Waals surface area contributed by atoms with E-state index in [1.165, 1.54) is 25.4 Å². The number of rotatable bonds is 3. The molecule has 0 bridgehead atoms. The van der Waals surface area contributed by atoms with Crippen LogP contribution in [-0.2, 0) is 11.0 Å². The number of carbonyl (C=O) groups excluding carboxylic acids is 1. The summed E-state index contributed by atoms with van der Waals surface area (Å²) in [5, 5.41) is 0. The summed E-state index contributed by atoms with van der Waals surface area (Å²) >= 11 is 0. The number of anilines is 1. The van der Waals surface area contributed by atoms with Crippen molar-refractivity contribution in [3.8, 4) is 11.3 Å². The predicted octanol–water partition coefficient (Wildman–Crippen LogP) is 3.84. The fourth-order valence-corrected chi connectivity index (χ4v) is 2.16. The molecule has 0 aromatic carbocycles. The lowest BCUT2D eigenvalue weighted by Gasteiger charge is -2.21. The van der Waals surface area contributed by atoms with Crippen LogP contribution in [0.2, 0.25) is 0 Å². The number of pyridine rings is 2. The first kappa shape index (κ1) is 16.9. The number of aromatic nitrogens is 2. The molecule has 122 valence electrons. The summed E-state index contributed by atoms with van der Waals surface area (Å²) in [6.45, 7) is 3.38. The minimum Gasteiger partial charge on any atom is -0.313 e. The van der Waals surface area contributed by atoms with Crippen LogP contribution in [0.15, 0.2) is 30.6 Å². The monoisotopic (exact) mass is 323 g/mol. The van der Waals surface area contributed by atoms with E-state index in [0.29, 0.717) is 5.56 Å². The number of hydrogen-bond donors (Lipinski definition) is 0. The molecule has 0 radical (unpaired) electrons. The molecular formula is C16H16F3N3O. The van der Waals surface area contributed by atoms with Gasteiger partial charge in [-0.2, -0.15) is 13.2 Å². The van der Waals surface area contributed by atoms with Crippen molar-refractivity contribution < 1.29 is 18.0 Å². The van der Waals surface area contributed by atoms with Gasteiger partial charge in [-0.3, -0.25) is 9.78 Å². The van der Waals surface area contributed by atoms with Gasteiger partial charge in [0.05, 0.1) is 11.4 Å². The molecule has 0 aliphatic heterocycles. The largest absolute Gasteiger partial charge is 0.435 e. The zero-order chi connectivity index (χ0) is 17.2. The van der Waals surface area contributed by atoms with Crippen molar-refractivity contribution in [2.75, 3.05) is 11.9 Å². The number of nitrogens with zero attached hydrogens (tertiary/aromatic N) is 3. The van der Waals surface area contributed by atoms with Gasteiger partial charge in [-0.1, -0.05) is 6.92 Å². The third-order valence-corrected chi connectivity index (χ3v) is 3.35. The molecule has 2 aromatic heterocycles. The smallest absolute Gasteiger partial charge is 0.313 e. The van der Waals surface area contributed by atoms with Crippen molar-refractivity contribution in [3.05, 3.63) is 41.9 Å². The zero-order valence-corrected chi connectivity index (χ0v) is 13.0. The number of aryl methyl sites for hydroxylation is 1. The average Bonchev–Trinajstić information content (AvgIpc) is 2.52. The van der Waals surface area contributed by atoms with Crippen molar-refractivity contribution >= 4 is 11.6 Å². The summed E-state index contributed by atoms with van der Waals surface area (Å²) in [5.41, 5.74) is 0.135. The van der Waals surface area contributed by atoms with Crippen LogP contribution >= 0.6 is 0 Å². The van der Waals surface area contributed by atoms with E-state index >= 15 is 0 Å². The Kier molecular flexibility index (Phi) is 4.68. The minimum absolute atomic E-state index is 0.108. The lowest BCUT2D eigenvalue weighted by Crippen LogP contribution is -2.28. The summed E-state index contributed by atoms with van der Waals surface area (Å²) < 4.78 is 40.0. The van der Waals surface area contributed by atoms with Gasteiger partial charge in [0.1, 0.15) is 0 Å². The summed E-state index contributed by atoms with van der Waals surface area (Å²) in [4.78, 5) is 20.4. The van der Waals surface area contributed by atoms with Crippen molar-refractivity contribution in [1.29, 1.82) is 0 Å². The lowest BCUT2D eigenvalue weighted by atomic mass is 10.1. The lowest BCUT2D eigenvalue weighted by molar-refractivity contribution is -0.140. The van der Waals surface area contributed by atoms with Gasteiger partial charge in [0.2, 0.25) is 5.91 Å². The topological polar surface area (TPSA) is 46.1 Å². The molecule has 0 fully saturated rings. The van der Waals surface area contributed by atoms with Crippen LogP contribution in [0.5, 0.6) is 0 Å². The Morgan fingerprint density at radius 2 is 1.96 bits per heavy atom. The van der Waals surface area contributed by atoms with Gasteiger partial charge in [-0.25, -0.2) is 4.98 Å². The van der Waals surface area contributed by atoms with E-state index in [2.05, 4.69) is 9.97 Å². The first-order chi connectivity index (χ1) is 10.7. The molecule has 0 saturated heterocycles. The van der Waals surface area contributed by atoms with Crippen LogP contribution in [0.1, 0.15) is 24.6 Å². The van der Waals surface area contributed by atoms with Gasteiger partial charge < -0.3 is 4.90 Å². The van der Waals surface area contributed by atoms with E-state index < -0.39 is 17.8 Å². The maximum atomic E-state index is 13.3. The molecule has 7 heteroatoms. The van der Waals surface area contributed by atoms with Gasteiger partial charge in [0.25, 0.3) is 0 Å². The number of carbonyl (C=O) groups is 1. The molecule has 1 amide bonds. The second kappa shape index (κ2) is 6.36. The number of amides is 1. The van der Waals surface area contributed by atoms with Gasteiger partial charge in [-0.05, 0) is 30.7 Å². The highest BCUT2D eigenvalue weighted by atomic mass is 19.4. The first-order valence-electron chi connectivity index (χ1n) is 7.01. The highest BCUT2D eigenvalue weighted by Gasteiger charge is 2.37. The maximum absolute atomic E-state index is 13.3. The normalized spacial score (nSPS) is 11.4. The van der Waals surface area contributed by atoms with E-state index in [1.54, 1.807) is 26.1 Å². The Labute approximate surface area is 132 Å². The fourth-order valence-electron chi connectivity index (χ4n) is 2.16. The Balaban J connectivity index is 2.57. The molecular weight excluding hydrogens is 307 g/mol. The summed E-state index contributed by atoms with van der Waals surface area (Å²) in [7, 11) is 1.31. The number of hydrogen-bond acceptors (Lipinski definition) is 3. The predicted molar refractivity (Wildman–Crippen MR) is 80.9 cm³/mol. The molecule has 0 atom stereocenters. The molecule has 23 heavy (non-hydrogen) atoms. The van der Waals surface area contributed by atoms with Gasteiger partial charge in [0, 0.05) is 31.4 Å². The fraction of sp³-hybridized carbons (Fsp3) is 0.312. The molecule has 4 nitrogen and oxygen atoms in total. The van der Waals surface area contributed by atoms with Gasteiger partial charge >= 0.3 is 6.18 Å². The van der Waals surface area contributed by atoms with E-state index in [1.807, 2.05) is 0 Å². The molecule has 0 aliphatic rings. The number of alkyl halides is 3. The molecule has 0 unspecified atom stereocenters. The van der Waals surface area contributed by atoms with E-state index in [0.717, 1.165) is 10.5 Å². The molecule has 2 rings (SSSR count). The molecule has 0 spiro atoms. The molecule has 2 aromatic rings. The maximum Gasteiger partial charge on any atom is 0.435 e. The van der Waals surface area contributed by atoms with E-state index in [-0.39, 0.29) is 17.8 Å². The second-order valence-electron chi connectivity index (χ2n) is 5.12. The first-order valence-corrected chi connectivity index (χ1v) is 7.01. The van der Waals surface area contributed by atoms with Crippen molar-refractivity contribution in [2.45, 2.75) is 26.4 Å². The third-order valence-electron chi connectivity index (χ3n) is 3.35. The summed E-state index contributed by atoms with van der Waals surface area (Å²) in [5.74, 6) is -0.415. The van der Waals surface area contributed by atoms with Crippen molar-refractivity contribution in [1.82, 2.24) is 9.97 Å². The number of halogens is 3. The average molecular weight is 323 g/mol. The van der Waals surface area contributed by atoms with E-state index in [9.17, 15) is 18.0 Å². The SMILES string of the molecule is CCC(=O)N(C)c1ccc(-c2cncc(C)c2)nc1C(F)(F)F. The Bertz CT molecular complexity index is 729. The van der Waals surface area contributed by atoms with E-state index in [4.69, 9.17) is 0 Å². The standard InChI is InChI=1S/C16H16F3N3O/c1-4-14(23)22(3)13-6-5-12(21-15(13)16(17,18)19)11-7-10(2)8-20-9-11/h5-9H,4H2,1-3H3. The second-order valence-corrected chi connectivity index (χ2v) is 5.12. The Hall–Kier alpha value is -2.44. The quantitative estimate of drug-likeness (QED) is 0.862. The van der Waals surface area contributed by atoms with Crippen LogP contribution in [0.3, 0.4) is 0 Å². The molecule has 0 N–H and O–H groups in total.